The van der Waals surface area contributed by atoms with Gasteiger partial charge in [-0.1, -0.05) is 25.1 Å². The van der Waals surface area contributed by atoms with Gasteiger partial charge >= 0.3 is 5.97 Å². The average Bonchev–Trinajstić information content (AvgIpc) is 2.51. The van der Waals surface area contributed by atoms with E-state index >= 15 is 0 Å². The molecule has 0 spiro atoms. The summed E-state index contributed by atoms with van der Waals surface area (Å²) in [6.45, 7) is 5.21. The number of rotatable bonds is 10. The molecule has 0 aliphatic carbocycles. The van der Waals surface area contributed by atoms with Crippen LogP contribution in [0.3, 0.4) is 0 Å². The number of nitrogens with two attached hydrogens (primary N) is 1. The highest BCUT2D eigenvalue weighted by Gasteiger charge is 2.10. The lowest BCUT2D eigenvalue weighted by Crippen LogP contribution is -2.32. The van der Waals surface area contributed by atoms with E-state index in [-0.39, 0.29) is 5.97 Å². The maximum atomic E-state index is 11.3. The molecule has 0 aromatic heterocycles. The number of carbonyl (C=O) groups excluding carboxylic acids is 1. The van der Waals surface area contributed by atoms with Crippen LogP contribution in [0.2, 0.25) is 0 Å². The summed E-state index contributed by atoms with van der Waals surface area (Å²) in [5, 5.41) is 0. The number of methoxy groups -OCH3 is 1. The van der Waals surface area contributed by atoms with Crippen LogP contribution in [-0.4, -0.2) is 44.2 Å². The van der Waals surface area contributed by atoms with E-state index in [0.29, 0.717) is 19.7 Å². The van der Waals surface area contributed by atoms with Gasteiger partial charge < -0.3 is 15.2 Å². The fourth-order valence-corrected chi connectivity index (χ4v) is 2.12. The Morgan fingerprint density at radius 1 is 1.29 bits per heavy atom. The van der Waals surface area contributed by atoms with Crippen molar-refractivity contribution in [2.45, 2.75) is 26.3 Å². The van der Waals surface area contributed by atoms with Gasteiger partial charge in [0.05, 0.1) is 20.3 Å². The van der Waals surface area contributed by atoms with Gasteiger partial charge in [0, 0.05) is 18.7 Å². The standard InChI is InChI=1S/C16H26N2O3/c1-3-9-18(13-16(19)20-2)10-6-11-21-15-8-5-4-7-14(15)12-17/h4-5,7-8H,3,6,9-13,17H2,1-2H3. The highest BCUT2D eigenvalue weighted by Crippen LogP contribution is 2.17. The Labute approximate surface area is 127 Å². The predicted octanol–water partition coefficient (Wildman–Crippen LogP) is 1.80. The Morgan fingerprint density at radius 2 is 2.05 bits per heavy atom. The summed E-state index contributed by atoms with van der Waals surface area (Å²) in [6.07, 6.45) is 1.86. The van der Waals surface area contributed by atoms with Gasteiger partial charge in [-0.3, -0.25) is 9.69 Å². The van der Waals surface area contributed by atoms with Crippen molar-refractivity contribution >= 4 is 5.97 Å². The maximum absolute atomic E-state index is 11.3. The largest absolute Gasteiger partial charge is 0.493 e. The summed E-state index contributed by atoms with van der Waals surface area (Å²) in [7, 11) is 1.42. The van der Waals surface area contributed by atoms with Crippen molar-refractivity contribution < 1.29 is 14.3 Å². The smallest absolute Gasteiger partial charge is 0.319 e. The molecule has 0 aliphatic heterocycles. The van der Waals surface area contributed by atoms with E-state index in [0.717, 1.165) is 37.2 Å². The molecule has 5 heteroatoms. The predicted molar refractivity (Wildman–Crippen MR) is 83.2 cm³/mol. The van der Waals surface area contributed by atoms with Crippen molar-refractivity contribution in [1.82, 2.24) is 4.90 Å². The van der Waals surface area contributed by atoms with E-state index in [1.165, 1.54) is 7.11 Å². The van der Waals surface area contributed by atoms with Gasteiger partial charge in [0.15, 0.2) is 0 Å². The molecule has 0 unspecified atom stereocenters. The quantitative estimate of drug-likeness (QED) is 0.526. The lowest BCUT2D eigenvalue weighted by Gasteiger charge is -2.20. The number of benzene rings is 1. The molecule has 0 heterocycles. The number of esters is 1. The molecule has 1 aromatic rings. The molecule has 1 aromatic carbocycles. The minimum absolute atomic E-state index is 0.196. The van der Waals surface area contributed by atoms with E-state index < -0.39 is 0 Å². The zero-order chi connectivity index (χ0) is 15.5. The summed E-state index contributed by atoms with van der Waals surface area (Å²) >= 11 is 0. The van der Waals surface area contributed by atoms with Crippen LogP contribution in [0.5, 0.6) is 5.75 Å². The fourth-order valence-electron chi connectivity index (χ4n) is 2.12. The highest BCUT2D eigenvalue weighted by molar-refractivity contribution is 5.71. The van der Waals surface area contributed by atoms with Crippen LogP contribution in [0.25, 0.3) is 0 Å². The van der Waals surface area contributed by atoms with Crippen LogP contribution in [0, 0.1) is 0 Å². The first-order chi connectivity index (χ1) is 10.2. The molecule has 2 N–H and O–H groups in total. The normalized spacial score (nSPS) is 10.7. The zero-order valence-electron chi connectivity index (χ0n) is 13.0. The lowest BCUT2D eigenvalue weighted by atomic mass is 10.2. The van der Waals surface area contributed by atoms with Crippen LogP contribution in [0.15, 0.2) is 24.3 Å². The van der Waals surface area contributed by atoms with E-state index in [1.807, 2.05) is 24.3 Å². The second kappa shape index (κ2) is 10.2. The molecule has 0 radical (unpaired) electrons. The molecule has 0 bridgehead atoms. The van der Waals surface area contributed by atoms with Crippen molar-refractivity contribution in [2.24, 2.45) is 5.73 Å². The Hall–Kier alpha value is -1.59. The van der Waals surface area contributed by atoms with Gasteiger partial charge in [0.1, 0.15) is 5.75 Å². The first kappa shape index (κ1) is 17.5. The van der Waals surface area contributed by atoms with Crippen LogP contribution < -0.4 is 10.5 Å². The topological polar surface area (TPSA) is 64.8 Å². The number of para-hydroxylation sites is 1. The molecule has 0 saturated heterocycles. The van der Waals surface area contributed by atoms with Gasteiger partial charge in [-0.25, -0.2) is 0 Å². The summed E-state index contributed by atoms with van der Waals surface area (Å²) in [4.78, 5) is 13.4. The molecule has 0 fully saturated rings. The minimum Gasteiger partial charge on any atom is -0.493 e. The molecule has 0 amide bonds. The molecule has 0 aliphatic rings. The monoisotopic (exact) mass is 294 g/mol. The number of hydrogen-bond acceptors (Lipinski definition) is 5. The first-order valence-electron chi connectivity index (χ1n) is 7.41. The van der Waals surface area contributed by atoms with Crippen LogP contribution in [0.1, 0.15) is 25.3 Å². The van der Waals surface area contributed by atoms with E-state index in [2.05, 4.69) is 11.8 Å². The molecule has 0 atom stereocenters. The van der Waals surface area contributed by atoms with E-state index in [9.17, 15) is 4.79 Å². The first-order valence-corrected chi connectivity index (χ1v) is 7.41. The van der Waals surface area contributed by atoms with Gasteiger partial charge in [0.2, 0.25) is 0 Å². The Kier molecular flexibility index (Phi) is 8.47. The lowest BCUT2D eigenvalue weighted by molar-refractivity contribution is -0.141. The molecule has 5 nitrogen and oxygen atoms in total. The molecular weight excluding hydrogens is 268 g/mol. The number of hydrogen-bond donors (Lipinski definition) is 1. The van der Waals surface area contributed by atoms with Gasteiger partial charge in [-0.15, -0.1) is 0 Å². The second-order valence-electron chi connectivity index (χ2n) is 4.87. The van der Waals surface area contributed by atoms with Gasteiger partial charge in [-0.2, -0.15) is 0 Å². The highest BCUT2D eigenvalue weighted by atomic mass is 16.5. The van der Waals surface area contributed by atoms with Crippen molar-refractivity contribution in [1.29, 1.82) is 0 Å². The fraction of sp³-hybridized carbons (Fsp3) is 0.562. The SMILES string of the molecule is CCCN(CCCOc1ccccc1CN)CC(=O)OC. The average molecular weight is 294 g/mol. The number of nitrogens with zero attached hydrogens (tertiary/aromatic N) is 1. The van der Waals surface area contributed by atoms with Crippen molar-refractivity contribution in [3.63, 3.8) is 0 Å². The summed E-state index contributed by atoms with van der Waals surface area (Å²) in [6, 6.07) is 7.79. The van der Waals surface area contributed by atoms with Gasteiger partial charge in [-0.05, 0) is 25.5 Å². The second-order valence-corrected chi connectivity index (χ2v) is 4.87. The van der Waals surface area contributed by atoms with E-state index in [4.69, 9.17) is 15.2 Å². The van der Waals surface area contributed by atoms with Crippen molar-refractivity contribution in [3.8, 4) is 5.75 Å². The summed E-state index contributed by atoms with van der Waals surface area (Å²) in [5.74, 6) is 0.646. The third-order valence-corrected chi connectivity index (χ3v) is 3.19. The van der Waals surface area contributed by atoms with Crippen molar-refractivity contribution in [3.05, 3.63) is 29.8 Å². The summed E-state index contributed by atoms with van der Waals surface area (Å²) < 4.78 is 10.5. The Morgan fingerprint density at radius 3 is 2.71 bits per heavy atom. The van der Waals surface area contributed by atoms with Crippen LogP contribution in [0.4, 0.5) is 0 Å². The van der Waals surface area contributed by atoms with E-state index in [1.54, 1.807) is 0 Å². The minimum atomic E-state index is -0.196. The number of carbonyl (C=O) groups is 1. The van der Waals surface area contributed by atoms with Crippen LogP contribution >= 0.6 is 0 Å². The third kappa shape index (κ3) is 6.60. The van der Waals surface area contributed by atoms with Crippen LogP contribution in [-0.2, 0) is 16.1 Å². The van der Waals surface area contributed by atoms with Crippen molar-refractivity contribution in [2.75, 3.05) is 33.4 Å². The zero-order valence-corrected chi connectivity index (χ0v) is 13.0. The molecule has 1 rings (SSSR count). The molecule has 0 saturated carbocycles. The molecule has 21 heavy (non-hydrogen) atoms. The summed E-state index contributed by atoms with van der Waals surface area (Å²) in [5.41, 5.74) is 6.68. The Bertz CT molecular complexity index is 424. The number of ether oxygens (including phenoxy) is 2. The molecule has 118 valence electrons. The Balaban J connectivity index is 2.35. The third-order valence-electron chi connectivity index (χ3n) is 3.19. The maximum Gasteiger partial charge on any atom is 0.319 e. The van der Waals surface area contributed by atoms with Gasteiger partial charge in [0.25, 0.3) is 0 Å². The molecular formula is C16H26N2O3.